The van der Waals surface area contributed by atoms with E-state index in [1.165, 1.54) is 11.1 Å². The lowest BCUT2D eigenvalue weighted by atomic mass is 9.63. The number of sulfonamides is 1. The Bertz CT molecular complexity index is 1750. The maximum absolute atomic E-state index is 13.5. The Labute approximate surface area is 301 Å². The molecule has 2 aliphatic heterocycles. The van der Waals surface area contributed by atoms with Crippen molar-refractivity contribution in [2.75, 3.05) is 51.9 Å². The van der Waals surface area contributed by atoms with Gasteiger partial charge < -0.3 is 24.4 Å². The monoisotopic (exact) mass is 727 g/mol. The Morgan fingerprint density at radius 3 is 2.74 bits per heavy atom. The molecule has 272 valence electrons. The molecule has 0 radical (unpaired) electrons. The van der Waals surface area contributed by atoms with Crippen molar-refractivity contribution in [3.8, 4) is 5.75 Å². The summed E-state index contributed by atoms with van der Waals surface area (Å²) in [7, 11) is -0.737. The molecule has 1 spiro atoms. The third-order valence-corrected chi connectivity index (χ3v) is 13.9. The van der Waals surface area contributed by atoms with Gasteiger partial charge in [-0.25, -0.2) is 13.1 Å². The normalized spacial score (nSPS) is 31.2. The van der Waals surface area contributed by atoms with Gasteiger partial charge in [-0.15, -0.1) is 0 Å². The van der Waals surface area contributed by atoms with E-state index in [1.54, 1.807) is 50.3 Å². The van der Waals surface area contributed by atoms with Gasteiger partial charge in [0.15, 0.2) is 0 Å². The van der Waals surface area contributed by atoms with Gasteiger partial charge in [0, 0.05) is 49.8 Å². The summed E-state index contributed by atoms with van der Waals surface area (Å²) < 4.78 is 41.0. The van der Waals surface area contributed by atoms with Gasteiger partial charge in [0.2, 0.25) is 15.9 Å². The molecule has 1 fully saturated rings. The van der Waals surface area contributed by atoms with Gasteiger partial charge in [-0.3, -0.25) is 9.59 Å². The number of halogens is 1. The molecule has 4 aliphatic rings. The first-order valence-corrected chi connectivity index (χ1v) is 19.7. The molecular weight excluding hydrogens is 678 g/mol. The number of aliphatic hydroxyl groups is 1. The third kappa shape index (κ3) is 7.29. The largest absolute Gasteiger partial charge is 0.490 e. The van der Waals surface area contributed by atoms with Crippen molar-refractivity contribution in [3.05, 3.63) is 70.3 Å². The number of aryl methyl sites for hydroxylation is 1. The number of fused-ring (bicyclic) bond motifs is 4. The van der Waals surface area contributed by atoms with Gasteiger partial charge in [0.05, 0.1) is 36.2 Å². The average Bonchev–Trinajstić information content (AvgIpc) is 3.21. The molecule has 1 saturated carbocycles. The number of likely N-dealkylation sites (N-methyl/N-ethyl adjacent to an activating group) is 1. The summed E-state index contributed by atoms with van der Waals surface area (Å²) >= 11 is 6.44. The molecule has 0 aromatic heterocycles. The molecule has 50 heavy (non-hydrogen) atoms. The minimum Gasteiger partial charge on any atom is -0.490 e. The second-order valence-corrected chi connectivity index (χ2v) is 17.5. The molecule has 6 atom stereocenters. The SMILES string of the molecule is COCCN(C)C(=O)C[C@@]1(O)/C=C/C[C@H](C)[C@@H](C)S(=O)(=O)NC(=O)c2ccc3c(c2)N(C[C@@H]2CC[C@H]21)C[C@@]1(CCCc2cc(Cl)ccc21)CO3. The summed E-state index contributed by atoms with van der Waals surface area (Å²) in [4.78, 5) is 30.9. The molecule has 2 amide bonds. The minimum absolute atomic E-state index is 0.0418. The zero-order valence-corrected chi connectivity index (χ0v) is 31.1. The van der Waals surface area contributed by atoms with Crippen LogP contribution in [0.2, 0.25) is 5.02 Å². The van der Waals surface area contributed by atoms with Gasteiger partial charge in [-0.2, -0.15) is 0 Å². The van der Waals surface area contributed by atoms with Crippen LogP contribution < -0.4 is 14.4 Å². The lowest BCUT2D eigenvalue weighted by Crippen LogP contribution is -2.53. The Kier molecular flexibility index (Phi) is 10.6. The molecule has 2 heterocycles. The van der Waals surface area contributed by atoms with Crippen LogP contribution in [0.15, 0.2) is 48.6 Å². The lowest BCUT2D eigenvalue weighted by molar-refractivity contribution is -0.138. The van der Waals surface area contributed by atoms with Gasteiger partial charge in [0.1, 0.15) is 5.75 Å². The third-order valence-electron chi connectivity index (χ3n) is 11.7. The fraction of sp³-hybridized carbons (Fsp3) is 0.579. The van der Waals surface area contributed by atoms with E-state index in [2.05, 4.69) is 15.7 Å². The van der Waals surface area contributed by atoms with Crippen molar-refractivity contribution in [2.24, 2.45) is 17.8 Å². The standard InChI is InChI=1S/C38H50ClN3O7S/c1-25-7-5-16-38(45,21-35(43)41(3)17-18-48-4)32-12-9-29(32)22-42-23-37(15-6-8-27-19-30(39)11-13-31(27)37)24-49-34-14-10-28(20-33(34)42)36(44)40-50(46,47)26(25)2/h5,10-11,13-14,16,19-20,25-26,29,32,45H,6-9,12,15,17-18,21-24H2,1-4H3,(H,40,44)/b16-5+/t25-,26+,29-,32+,37-,38-/m0/s1. The fourth-order valence-corrected chi connectivity index (χ4v) is 9.77. The number of benzene rings is 2. The van der Waals surface area contributed by atoms with Crippen molar-refractivity contribution in [3.63, 3.8) is 0 Å². The van der Waals surface area contributed by atoms with E-state index in [-0.39, 0.29) is 41.1 Å². The van der Waals surface area contributed by atoms with Crippen LogP contribution >= 0.6 is 11.6 Å². The van der Waals surface area contributed by atoms with Crippen molar-refractivity contribution in [2.45, 2.75) is 75.1 Å². The molecule has 12 heteroatoms. The van der Waals surface area contributed by atoms with Gasteiger partial charge in [-0.05, 0) is 105 Å². The smallest absolute Gasteiger partial charge is 0.264 e. The number of rotatable bonds is 5. The number of nitrogens with one attached hydrogen (secondary N) is 1. The first-order valence-electron chi connectivity index (χ1n) is 17.7. The molecular formula is C38H50ClN3O7S. The van der Waals surface area contributed by atoms with Gasteiger partial charge >= 0.3 is 0 Å². The van der Waals surface area contributed by atoms with E-state index >= 15 is 0 Å². The molecule has 6 rings (SSSR count). The number of nitrogens with zero attached hydrogens (tertiary/aromatic N) is 2. The summed E-state index contributed by atoms with van der Waals surface area (Å²) in [6.07, 6.45) is 8.20. The topological polar surface area (TPSA) is 125 Å². The molecule has 2 aromatic carbocycles. The summed E-state index contributed by atoms with van der Waals surface area (Å²) in [5, 5.41) is 12.2. The van der Waals surface area contributed by atoms with Crippen LogP contribution in [-0.2, 0) is 31.4 Å². The second-order valence-electron chi connectivity index (χ2n) is 15.0. The zero-order chi connectivity index (χ0) is 35.8. The molecule has 2 aromatic rings. The Morgan fingerprint density at radius 2 is 2.00 bits per heavy atom. The first-order chi connectivity index (χ1) is 23.7. The number of carbonyl (C=O) groups excluding carboxylic acids is 2. The number of anilines is 1. The highest BCUT2D eigenvalue weighted by molar-refractivity contribution is 7.90. The van der Waals surface area contributed by atoms with Gasteiger partial charge in [-0.1, -0.05) is 36.7 Å². The van der Waals surface area contributed by atoms with Crippen LogP contribution in [-0.4, -0.2) is 88.1 Å². The van der Waals surface area contributed by atoms with E-state index in [4.69, 9.17) is 21.1 Å². The molecule has 2 bridgehead atoms. The quantitative estimate of drug-likeness (QED) is 0.408. The van der Waals surface area contributed by atoms with Crippen LogP contribution in [0.25, 0.3) is 0 Å². The van der Waals surface area contributed by atoms with E-state index in [1.807, 2.05) is 25.1 Å². The van der Waals surface area contributed by atoms with Crippen molar-refractivity contribution >= 4 is 39.1 Å². The molecule has 0 unspecified atom stereocenters. The van der Waals surface area contributed by atoms with E-state index in [0.29, 0.717) is 55.7 Å². The summed E-state index contributed by atoms with van der Waals surface area (Å²) in [5.74, 6) is -0.790. The Hall–Kier alpha value is -3.12. The van der Waals surface area contributed by atoms with Crippen LogP contribution in [0.4, 0.5) is 5.69 Å². The first kappa shape index (κ1) is 36.7. The highest BCUT2D eigenvalue weighted by atomic mass is 35.5. The molecule has 2 N–H and O–H groups in total. The van der Waals surface area contributed by atoms with E-state index in [9.17, 15) is 23.1 Å². The lowest BCUT2D eigenvalue weighted by Gasteiger charge is -2.49. The maximum atomic E-state index is 13.5. The van der Waals surface area contributed by atoms with Crippen molar-refractivity contribution in [1.29, 1.82) is 0 Å². The predicted octanol–water partition coefficient (Wildman–Crippen LogP) is 5.11. The fourth-order valence-electron chi connectivity index (χ4n) is 8.29. The highest BCUT2D eigenvalue weighted by Crippen LogP contribution is 2.49. The number of carbonyl (C=O) groups is 2. The van der Waals surface area contributed by atoms with Crippen LogP contribution in [0.3, 0.4) is 0 Å². The number of ether oxygens (including phenoxy) is 2. The number of amides is 2. The number of allylic oxidation sites excluding steroid dienone is 1. The highest BCUT2D eigenvalue weighted by Gasteiger charge is 2.49. The average molecular weight is 728 g/mol. The second kappa shape index (κ2) is 14.5. The summed E-state index contributed by atoms with van der Waals surface area (Å²) in [6.45, 7) is 5.78. The van der Waals surface area contributed by atoms with Crippen molar-refractivity contribution < 1.29 is 32.6 Å². The molecule has 2 aliphatic carbocycles. The summed E-state index contributed by atoms with van der Waals surface area (Å²) in [6, 6.07) is 11.2. The Morgan fingerprint density at radius 1 is 1.20 bits per heavy atom. The number of methoxy groups -OCH3 is 1. The van der Waals surface area contributed by atoms with Crippen LogP contribution in [0.1, 0.15) is 73.9 Å². The van der Waals surface area contributed by atoms with Crippen LogP contribution in [0.5, 0.6) is 5.75 Å². The summed E-state index contributed by atoms with van der Waals surface area (Å²) in [5.41, 5.74) is 1.55. The number of hydrogen-bond donors (Lipinski definition) is 2. The zero-order valence-electron chi connectivity index (χ0n) is 29.5. The van der Waals surface area contributed by atoms with Crippen molar-refractivity contribution in [1.82, 2.24) is 9.62 Å². The Balaban J connectivity index is 1.42. The van der Waals surface area contributed by atoms with Crippen LogP contribution in [0, 0.1) is 17.8 Å². The minimum atomic E-state index is -4.04. The molecule has 10 nitrogen and oxygen atoms in total. The van der Waals surface area contributed by atoms with E-state index < -0.39 is 26.8 Å². The molecule has 0 saturated heterocycles. The number of hydrogen-bond acceptors (Lipinski definition) is 8. The predicted molar refractivity (Wildman–Crippen MR) is 194 cm³/mol. The van der Waals surface area contributed by atoms with E-state index in [0.717, 1.165) is 32.1 Å². The maximum Gasteiger partial charge on any atom is 0.264 e. The van der Waals surface area contributed by atoms with Gasteiger partial charge in [0.25, 0.3) is 5.91 Å².